The summed E-state index contributed by atoms with van der Waals surface area (Å²) in [6.45, 7) is 1.12. The van der Waals surface area contributed by atoms with Crippen LogP contribution in [0.3, 0.4) is 0 Å². The van der Waals surface area contributed by atoms with Crippen LogP contribution in [0.25, 0.3) is 0 Å². The fourth-order valence-electron chi connectivity index (χ4n) is 1.68. The maximum Gasteiger partial charge on any atom is 0.321 e. The van der Waals surface area contributed by atoms with Crippen LogP contribution in [0, 0.1) is 0 Å². The number of methoxy groups -OCH3 is 1. The van der Waals surface area contributed by atoms with Crippen LogP contribution in [-0.2, 0) is 0 Å². The summed E-state index contributed by atoms with van der Waals surface area (Å²) in [4.78, 5) is 12.9. The normalized spacial score (nSPS) is 13.1. The number of hydrogen-bond donors (Lipinski definition) is 1. The number of ether oxygens (including phenoxy) is 3. The Kier molecular flexibility index (Phi) is 3.46. The second-order valence-electron chi connectivity index (χ2n) is 3.87. The average molecular weight is 292 g/mol. The minimum atomic E-state index is 0.122. The van der Waals surface area contributed by atoms with E-state index in [2.05, 4.69) is 15.0 Å². The van der Waals surface area contributed by atoms with E-state index in [1.54, 1.807) is 0 Å². The minimum absolute atomic E-state index is 0.122. The Bertz CT molecular complexity index is 638. The second kappa shape index (κ2) is 5.41. The Labute approximate surface area is 119 Å². The SMILES string of the molecule is COc1nc(N)nc(Sc2ccc3c(c2)OCCO3)n1. The van der Waals surface area contributed by atoms with Gasteiger partial charge in [-0.05, 0) is 30.0 Å². The largest absolute Gasteiger partial charge is 0.486 e. The molecule has 0 radical (unpaired) electrons. The second-order valence-corrected chi connectivity index (χ2v) is 4.91. The quantitative estimate of drug-likeness (QED) is 0.907. The zero-order chi connectivity index (χ0) is 13.9. The van der Waals surface area contributed by atoms with Crippen molar-refractivity contribution in [3.63, 3.8) is 0 Å². The monoisotopic (exact) mass is 292 g/mol. The van der Waals surface area contributed by atoms with Crippen molar-refractivity contribution in [1.29, 1.82) is 0 Å². The number of rotatable bonds is 3. The molecule has 3 rings (SSSR count). The van der Waals surface area contributed by atoms with E-state index < -0.39 is 0 Å². The zero-order valence-electron chi connectivity index (χ0n) is 10.7. The smallest absolute Gasteiger partial charge is 0.321 e. The summed E-state index contributed by atoms with van der Waals surface area (Å²) in [5, 5.41) is 0.464. The molecule has 0 fully saturated rings. The van der Waals surface area contributed by atoms with E-state index in [0.29, 0.717) is 18.4 Å². The number of nitrogens with zero attached hydrogens (tertiary/aromatic N) is 3. The Balaban J connectivity index is 1.85. The molecule has 0 amide bonds. The molecular formula is C12H12N4O3S. The number of hydrogen-bond acceptors (Lipinski definition) is 8. The summed E-state index contributed by atoms with van der Waals surface area (Å²) in [6, 6.07) is 5.84. The summed E-state index contributed by atoms with van der Waals surface area (Å²) in [7, 11) is 1.48. The number of aromatic nitrogens is 3. The molecule has 1 aromatic heterocycles. The van der Waals surface area contributed by atoms with E-state index in [1.807, 2.05) is 18.2 Å². The molecule has 1 aromatic carbocycles. The average Bonchev–Trinajstić information content (AvgIpc) is 2.46. The van der Waals surface area contributed by atoms with Crippen LogP contribution in [-0.4, -0.2) is 35.3 Å². The molecule has 0 aliphatic carbocycles. The highest BCUT2D eigenvalue weighted by Crippen LogP contribution is 2.36. The van der Waals surface area contributed by atoms with Gasteiger partial charge < -0.3 is 19.9 Å². The zero-order valence-corrected chi connectivity index (χ0v) is 11.5. The lowest BCUT2D eigenvalue weighted by Gasteiger charge is -2.18. The van der Waals surface area contributed by atoms with Crippen LogP contribution < -0.4 is 19.9 Å². The van der Waals surface area contributed by atoms with Crippen LogP contribution >= 0.6 is 11.8 Å². The summed E-state index contributed by atoms with van der Waals surface area (Å²) in [5.41, 5.74) is 5.60. The lowest BCUT2D eigenvalue weighted by Crippen LogP contribution is -2.15. The lowest BCUT2D eigenvalue weighted by molar-refractivity contribution is 0.171. The van der Waals surface area contributed by atoms with Crippen molar-refractivity contribution >= 4 is 17.7 Å². The number of nitrogens with two attached hydrogens (primary N) is 1. The summed E-state index contributed by atoms with van der Waals surface area (Å²) >= 11 is 1.35. The molecule has 2 N–H and O–H groups in total. The van der Waals surface area contributed by atoms with Crippen molar-refractivity contribution < 1.29 is 14.2 Å². The first kappa shape index (κ1) is 12.8. The molecule has 7 nitrogen and oxygen atoms in total. The fraction of sp³-hybridized carbons (Fsp3) is 0.250. The van der Waals surface area contributed by atoms with Gasteiger partial charge in [0.2, 0.25) is 11.1 Å². The number of fused-ring (bicyclic) bond motifs is 1. The van der Waals surface area contributed by atoms with Gasteiger partial charge in [0, 0.05) is 4.90 Å². The molecule has 8 heteroatoms. The van der Waals surface area contributed by atoms with Crippen molar-refractivity contribution in [3.05, 3.63) is 18.2 Å². The lowest BCUT2D eigenvalue weighted by atomic mass is 10.3. The minimum Gasteiger partial charge on any atom is -0.486 e. The van der Waals surface area contributed by atoms with Gasteiger partial charge in [0.1, 0.15) is 13.2 Å². The van der Waals surface area contributed by atoms with Gasteiger partial charge in [-0.2, -0.15) is 15.0 Å². The first-order chi connectivity index (χ1) is 9.74. The molecule has 104 valence electrons. The van der Waals surface area contributed by atoms with Crippen molar-refractivity contribution in [2.75, 3.05) is 26.1 Å². The third kappa shape index (κ3) is 2.69. The van der Waals surface area contributed by atoms with Gasteiger partial charge in [0.15, 0.2) is 11.5 Å². The molecule has 0 bridgehead atoms. The molecule has 0 unspecified atom stereocenters. The van der Waals surface area contributed by atoms with E-state index in [-0.39, 0.29) is 12.0 Å². The predicted octanol–water partition coefficient (Wildman–Crippen LogP) is 1.38. The van der Waals surface area contributed by atoms with Crippen LogP contribution in [0.5, 0.6) is 17.5 Å². The van der Waals surface area contributed by atoms with E-state index in [1.165, 1.54) is 18.9 Å². The number of nitrogen functional groups attached to an aromatic ring is 1. The van der Waals surface area contributed by atoms with Crippen LogP contribution in [0.15, 0.2) is 28.3 Å². The molecule has 1 aliphatic rings. The Hall–Kier alpha value is -2.22. The summed E-state index contributed by atoms with van der Waals surface area (Å²) in [5.74, 6) is 1.58. The Morgan fingerprint density at radius 3 is 2.75 bits per heavy atom. The predicted molar refractivity (Wildman–Crippen MR) is 72.3 cm³/mol. The van der Waals surface area contributed by atoms with Gasteiger partial charge in [-0.15, -0.1) is 0 Å². The van der Waals surface area contributed by atoms with Gasteiger partial charge in [0.25, 0.3) is 0 Å². The molecule has 2 aromatic rings. The van der Waals surface area contributed by atoms with Crippen molar-refractivity contribution in [1.82, 2.24) is 15.0 Å². The van der Waals surface area contributed by atoms with Gasteiger partial charge in [-0.25, -0.2) is 0 Å². The van der Waals surface area contributed by atoms with Gasteiger partial charge in [-0.1, -0.05) is 0 Å². The first-order valence-corrected chi connectivity index (χ1v) is 6.69. The van der Waals surface area contributed by atoms with Crippen LogP contribution in [0.4, 0.5) is 5.95 Å². The standard InChI is InChI=1S/C12H12N4O3S/c1-17-11-14-10(13)15-12(16-11)20-7-2-3-8-9(6-7)19-5-4-18-8/h2-3,6H,4-5H2,1H3,(H2,13,14,15,16). The molecule has 0 spiro atoms. The summed E-state index contributed by atoms with van der Waals surface area (Å²) in [6.07, 6.45) is 0. The third-order valence-electron chi connectivity index (χ3n) is 2.52. The van der Waals surface area contributed by atoms with Crippen LogP contribution in [0.2, 0.25) is 0 Å². The van der Waals surface area contributed by atoms with E-state index >= 15 is 0 Å². The topological polar surface area (TPSA) is 92.4 Å². The molecule has 0 saturated heterocycles. The molecule has 0 atom stereocenters. The molecule has 1 aliphatic heterocycles. The number of benzene rings is 1. The highest BCUT2D eigenvalue weighted by atomic mass is 32.2. The van der Waals surface area contributed by atoms with Crippen LogP contribution in [0.1, 0.15) is 0 Å². The van der Waals surface area contributed by atoms with Crippen molar-refractivity contribution in [2.45, 2.75) is 10.1 Å². The first-order valence-electron chi connectivity index (χ1n) is 5.87. The molecule has 2 heterocycles. The van der Waals surface area contributed by atoms with Gasteiger partial charge >= 0.3 is 6.01 Å². The highest BCUT2D eigenvalue weighted by molar-refractivity contribution is 7.99. The Morgan fingerprint density at radius 2 is 1.95 bits per heavy atom. The third-order valence-corrected chi connectivity index (χ3v) is 3.37. The van der Waals surface area contributed by atoms with Crippen molar-refractivity contribution in [3.8, 4) is 17.5 Å². The molecule has 20 heavy (non-hydrogen) atoms. The van der Waals surface area contributed by atoms with E-state index in [0.717, 1.165) is 16.4 Å². The van der Waals surface area contributed by atoms with Gasteiger partial charge in [-0.3, -0.25) is 0 Å². The molecular weight excluding hydrogens is 280 g/mol. The van der Waals surface area contributed by atoms with Crippen molar-refractivity contribution in [2.24, 2.45) is 0 Å². The highest BCUT2D eigenvalue weighted by Gasteiger charge is 2.13. The summed E-state index contributed by atoms with van der Waals surface area (Å²) < 4.78 is 16.0. The maximum absolute atomic E-state index is 5.60. The van der Waals surface area contributed by atoms with E-state index in [9.17, 15) is 0 Å². The maximum atomic E-state index is 5.60. The Morgan fingerprint density at radius 1 is 1.15 bits per heavy atom. The number of anilines is 1. The fourth-order valence-corrected chi connectivity index (χ4v) is 2.46. The van der Waals surface area contributed by atoms with E-state index in [4.69, 9.17) is 19.9 Å². The van der Waals surface area contributed by atoms with Gasteiger partial charge in [0.05, 0.1) is 7.11 Å². The molecule has 0 saturated carbocycles.